The number of hydrogen-bond donors (Lipinski definition) is 2. The maximum absolute atomic E-state index is 13.1. The van der Waals surface area contributed by atoms with Crippen LogP contribution in [0.4, 0.5) is 4.79 Å². The van der Waals surface area contributed by atoms with E-state index in [1.807, 2.05) is 61.5 Å². The van der Waals surface area contributed by atoms with E-state index in [4.69, 9.17) is 4.74 Å². The lowest BCUT2D eigenvalue weighted by Gasteiger charge is -2.23. The Kier molecular flexibility index (Phi) is 9.56. The predicted molar refractivity (Wildman–Crippen MR) is 134 cm³/mol. The molecule has 36 heavy (non-hydrogen) atoms. The number of amides is 2. The number of H-pyrrole nitrogens is 1. The fourth-order valence-corrected chi connectivity index (χ4v) is 3.83. The van der Waals surface area contributed by atoms with Crippen molar-refractivity contribution in [3.8, 4) is 0 Å². The first kappa shape index (κ1) is 26.4. The van der Waals surface area contributed by atoms with Crippen LogP contribution >= 0.6 is 0 Å². The second-order valence-corrected chi connectivity index (χ2v) is 8.73. The largest absolute Gasteiger partial charge is 0.445 e. The Labute approximate surface area is 208 Å². The maximum atomic E-state index is 13.1. The van der Waals surface area contributed by atoms with E-state index in [-0.39, 0.29) is 37.9 Å². The third-order valence-corrected chi connectivity index (χ3v) is 5.70. The quantitative estimate of drug-likeness (QED) is 0.275. The molecule has 10 nitrogen and oxygen atoms in total. The van der Waals surface area contributed by atoms with Gasteiger partial charge in [0.15, 0.2) is 0 Å². The number of aromatic nitrogens is 1. The van der Waals surface area contributed by atoms with E-state index in [9.17, 15) is 24.5 Å². The molecule has 0 bridgehead atoms. The van der Waals surface area contributed by atoms with Gasteiger partial charge in [-0.25, -0.2) is 4.79 Å². The lowest BCUT2D eigenvalue weighted by molar-refractivity contribution is -0.467. The number of para-hydroxylation sites is 1. The molecule has 1 heterocycles. The standard InChI is InChI=1S/C26H30N4O6/c1-19(11-12-27-26(33)36-18-20-7-3-2-4-8-20)13-25(32)29(16-22(31)17-30(34)35)15-21-14-28-24-10-6-5-9-23(21)24/h2-10,14,19,28H,11-13,15-18H2,1H3,(H,27,33). The van der Waals surface area contributed by atoms with Gasteiger partial charge in [0, 0.05) is 41.5 Å². The van der Waals surface area contributed by atoms with E-state index in [0.29, 0.717) is 13.0 Å². The summed E-state index contributed by atoms with van der Waals surface area (Å²) in [5.41, 5.74) is 2.60. The fourth-order valence-electron chi connectivity index (χ4n) is 3.83. The SMILES string of the molecule is CC(CCNC(=O)OCc1ccccc1)CC(=O)N(CC(=O)C[N+](=O)[O-])Cc1c[nH]c2ccccc12. The van der Waals surface area contributed by atoms with Gasteiger partial charge in [0.05, 0.1) is 6.54 Å². The molecule has 1 atom stereocenters. The number of alkyl carbamates (subject to hydrolysis) is 1. The van der Waals surface area contributed by atoms with Gasteiger partial charge >= 0.3 is 6.09 Å². The van der Waals surface area contributed by atoms with Crippen LogP contribution in [0.15, 0.2) is 60.8 Å². The molecule has 2 N–H and O–H groups in total. The Bertz CT molecular complexity index is 1190. The topological polar surface area (TPSA) is 135 Å². The van der Waals surface area contributed by atoms with Crippen LogP contribution in [0.25, 0.3) is 10.9 Å². The summed E-state index contributed by atoms with van der Waals surface area (Å²) in [5, 5.41) is 14.4. The van der Waals surface area contributed by atoms with E-state index < -0.39 is 23.3 Å². The minimum atomic E-state index is -0.831. The van der Waals surface area contributed by atoms with E-state index in [1.54, 1.807) is 6.20 Å². The van der Waals surface area contributed by atoms with Crippen LogP contribution in [0.3, 0.4) is 0 Å². The van der Waals surface area contributed by atoms with Crippen LogP contribution in [0.2, 0.25) is 0 Å². The Morgan fingerprint density at radius 2 is 1.83 bits per heavy atom. The molecule has 3 rings (SSSR count). The minimum absolute atomic E-state index is 0.0944. The highest BCUT2D eigenvalue weighted by Gasteiger charge is 2.23. The van der Waals surface area contributed by atoms with Crippen molar-refractivity contribution in [2.24, 2.45) is 5.92 Å². The van der Waals surface area contributed by atoms with Crippen LogP contribution < -0.4 is 5.32 Å². The second-order valence-electron chi connectivity index (χ2n) is 8.73. The van der Waals surface area contributed by atoms with Crippen LogP contribution in [0.1, 0.15) is 30.9 Å². The molecule has 2 aromatic carbocycles. The smallest absolute Gasteiger partial charge is 0.407 e. The van der Waals surface area contributed by atoms with E-state index in [1.165, 1.54) is 4.90 Å². The van der Waals surface area contributed by atoms with Crippen molar-refractivity contribution in [2.45, 2.75) is 32.9 Å². The monoisotopic (exact) mass is 494 g/mol. The van der Waals surface area contributed by atoms with Crippen molar-refractivity contribution in [3.05, 3.63) is 82.0 Å². The molecule has 0 fully saturated rings. The number of aromatic amines is 1. The zero-order valence-electron chi connectivity index (χ0n) is 20.1. The molecule has 1 unspecified atom stereocenters. The van der Waals surface area contributed by atoms with Gasteiger partial charge in [-0.05, 0) is 29.5 Å². The van der Waals surface area contributed by atoms with Gasteiger partial charge in [0.1, 0.15) is 6.61 Å². The number of ether oxygens (including phenoxy) is 1. The molecule has 0 saturated carbocycles. The van der Waals surface area contributed by atoms with Gasteiger partial charge in [-0.1, -0.05) is 55.5 Å². The molecule has 2 amide bonds. The summed E-state index contributed by atoms with van der Waals surface area (Å²) in [6, 6.07) is 16.9. The van der Waals surface area contributed by atoms with Crippen molar-refractivity contribution in [1.82, 2.24) is 15.2 Å². The Morgan fingerprint density at radius 3 is 2.58 bits per heavy atom. The molecule has 0 saturated heterocycles. The number of carbonyl (C=O) groups is 3. The molecule has 3 aromatic rings. The summed E-state index contributed by atoms with van der Waals surface area (Å²) < 4.78 is 5.18. The highest BCUT2D eigenvalue weighted by atomic mass is 16.6. The summed E-state index contributed by atoms with van der Waals surface area (Å²) in [6.45, 7) is 1.35. The van der Waals surface area contributed by atoms with Crippen molar-refractivity contribution >= 4 is 28.7 Å². The Hall–Kier alpha value is -4.21. The lowest BCUT2D eigenvalue weighted by atomic mass is 10.0. The molecule has 190 valence electrons. The van der Waals surface area contributed by atoms with Crippen molar-refractivity contribution in [3.63, 3.8) is 0 Å². The number of nitro groups is 1. The molecule has 0 aliphatic rings. The normalized spacial score (nSPS) is 11.6. The summed E-state index contributed by atoms with van der Waals surface area (Å²) in [5.74, 6) is -1.01. The first-order chi connectivity index (χ1) is 17.3. The number of rotatable bonds is 13. The highest BCUT2D eigenvalue weighted by molar-refractivity contribution is 5.88. The average molecular weight is 495 g/mol. The van der Waals surface area contributed by atoms with Crippen molar-refractivity contribution in [2.75, 3.05) is 19.6 Å². The molecular weight excluding hydrogens is 464 g/mol. The molecular formula is C26H30N4O6. The number of benzene rings is 2. The minimum Gasteiger partial charge on any atom is -0.445 e. The predicted octanol–water partition coefficient (Wildman–Crippen LogP) is 3.69. The lowest BCUT2D eigenvalue weighted by Crippen LogP contribution is -2.38. The number of ketones is 1. The zero-order valence-corrected chi connectivity index (χ0v) is 20.1. The van der Waals surface area contributed by atoms with Crippen molar-refractivity contribution in [1.29, 1.82) is 0 Å². The molecule has 1 aromatic heterocycles. The number of nitrogens with zero attached hydrogens (tertiary/aromatic N) is 2. The third kappa shape index (κ3) is 8.23. The van der Waals surface area contributed by atoms with E-state index in [2.05, 4.69) is 10.3 Å². The summed E-state index contributed by atoms with van der Waals surface area (Å²) in [6.07, 6.45) is 1.89. The van der Waals surface area contributed by atoms with Gasteiger partial charge in [-0.2, -0.15) is 0 Å². The average Bonchev–Trinajstić information content (AvgIpc) is 3.25. The number of carbonyl (C=O) groups excluding carboxylic acids is 3. The Morgan fingerprint density at radius 1 is 1.11 bits per heavy atom. The van der Waals surface area contributed by atoms with Gasteiger partial charge in [-0.15, -0.1) is 0 Å². The Balaban J connectivity index is 1.52. The van der Waals surface area contributed by atoms with Gasteiger partial charge in [-0.3, -0.25) is 19.7 Å². The first-order valence-electron chi connectivity index (χ1n) is 11.7. The van der Waals surface area contributed by atoms with E-state index >= 15 is 0 Å². The summed E-state index contributed by atoms with van der Waals surface area (Å²) >= 11 is 0. The zero-order chi connectivity index (χ0) is 25.9. The third-order valence-electron chi connectivity index (χ3n) is 5.70. The first-order valence-corrected chi connectivity index (χ1v) is 11.7. The second kappa shape index (κ2) is 13.0. The number of nitrogens with one attached hydrogen (secondary N) is 2. The molecule has 0 aliphatic carbocycles. The van der Waals surface area contributed by atoms with Crippen LogP contribution in [-0.2, 0) is 27.5 Å². The fraction of sp³-hybridized carbons (Fsp3) is 0.346. The maximum Gasteiger partial charge on any atom is 0.407 e. The number of fused-ring (bicyclic) bond motifs is 1. The molecule has 0 spiro atoms. The van der Waals surface area contributed by atoms with Crippen LogP contribution in [0.5, 0.6) is 0 Å². The molecule has 10 heteroatoms. The number of hydrogen-bond acceptors (Lipinski definition) is 6. The molecule has 0 aliphatic heterocycles. The van der Waals surface area contributed by atoms with Gasteiger partial charge in [0.2, 0.25) is 11.7 Å². The highest BCUT2D eigenvalue weighted by Crippen LogP contribution is 2.20. The van der Waals surface area contributed by atoms with Crippen molar-refractivity contribution < 1.29 is 24.0 Å². The number of Topliss-reactive ketones (excluding diaryl/α,β-unsaturated/α-hetero) is 1. The van der Waals surface area contributed by atoms with Gasteiger partial charge in [0.25, 0.3) is 6.54 Å². The van der Waals surface area contributed by atoms with Gasteiger partial charge < -0.3 is 19.9 Å². The summed E-state index contributed by atoms with van der Waals surface area (Å²) in [7, 11) is 0. The van der Waals surface area contributed by atoms with Crippen LogP contribution in [0, 0.1) is 16.0 Å². The summed E-state index contributed by atoms with van der Waals surface area (Å²) in [4.78, 5) is 51.7. The van der Waals surface area contributed by atoms with E-state index in [0.717, 1.165) is 22.0 Å². The van der Waals surface area contributed by atoms with Crippen LogP contribution in [-0.4, -0.2) is 52.2 Å². The molecule has 0 radical (unpaired) electrons.